The molecule has 2 aromatic rings. The zero-order valence-electron chi connectivity index (χ0n) is 13.1. The molecule has 11 heteroatoms. The maximum atomic E-state index is 12.0. The SMILES string of the molecule is CC(C)(Cc1nn(-c2cc(Cl)c(O)c(Cl)c2)c(=O)[nH]c1=O)NC(=O)O. The molecular formula is C14H14Cl2N4O5. The van der Waals surface area contributed by atoms with Gasteiger partial charge in [0.15, 0.2) is 5.75 Å². The van der Waals surface area contributed by atoms with Crippen LogP contribution < -0.4 is 16.6 Å². The minimum Gasteiger partial charge on any atom is -0.505 e. The summed E-state index contributed by atoms with van der Waals surface area (Å²) in [5.41, 5.74) is -2.52. The van der Waals surface area contributed by atoms with Crippen molar-refractivity contribution in [2.75, 3.05) is 0 Å². The molecule has 0 aliphatic carbocycles. The van der Waals surface area contributed by atoms with Crippen molar-refractivity contribution in [1.29, 1.82) is 0 Å². The van der Waals surface area contributed by atoms with Crippen LogP contribution in [0.5, 0.6) is 5.75 Å². The first-order chi connectivity index (χ1) is 11.5. The van der Waals surface area contributed by atoms with E-state index in [0.29, 0.717) is 0 Å². The molecule has 25 heavy (non-hydrogen) atoms. The number of hydrogen-bond donors (Lipinski definition) is 4. The molecule has 2 rings (SSSR count). The first kappa shape index (κ1) is 18.8. The summed E-state index contributed by atoms with van der Waals surface area (Å²) in [5, 5.41) is 24.5. The highest BCUT2D eigenvalue weighted by atomic mass is 35.5. The molecule has 4 N–H and O–H groups in total. The molecule has 0 unspecified atom stereocenters. The van der Waals surface area contributed by atoms with Gasteiger partial charge in [0.25, 0.3) is 5.56 Å². The van der Waals surface area contributed by atoms with Crippen molar-refractivity contribution in [3.63, 3.8) is 0 Å². The highest BCUT2D eigenvalue weighted by molar-refractivity contribution is 6.37. The van der Waals surface area contributed by atoms with Gasteiger partial charge in [0.1, 0.15) is 5.69 Å². The van der Waals surface area contributed by atoms with E-state index >= 15 is 0 Å². The van der Waals surface area contributed by atoms with Gasteiger partial charge in [-0.15, -0.1) is 0 Å². The first-order valence-electron chi connectivity index (χ1n) is 6.92. The Morgan fingerprint density at radius 2 is 1.88 bits per heavy atom. The molecule has 9 nitrogen and oxygen atoms in total. The second-order valence-corrected chi connectivity index (χ2v) is 6.68. The molecule has 0 aliphatic rings. The molecule has 0 radical (unpaired) electrons. The molecular weight excluding hydrogens is 375 g/mol. The zero-order valence-corrected chi connectivity index (χ0v) is 14.6. The number of amides is 1. The number of carboxylic acid groups (broad SMARTS) is 1. The fourth-order valence-electron chi connectivity index (χ4n) is 2.15. The maximum Gasteiger partial charge on any atom is 0.405 e. The first-order valence-corrected chi connectivity index (χ1v) is 7.68. The lowest BCUT2D eigenvalue weighted by atomic mass is 9.99. The van der Waals surface area contributed by atoms with Crippen LogP contribution in [-0.4, -0.2) is 36.6 Å². The Bertz CT molecular complexity index is 928. The topological polar surface area (TPSA) is 137 Å². The second kappa shape index (κ2) is 6.77. The van der Waals surface area contributed by atoms with Gasteiger partial charge in [0.05, 0.1) is 15.7 Å². The van der Waals surface area contributed by atoms with Crippen LogP contribution in [0.4, 0.5) is 4.79 Å². The summed E-state index contributed by atoms with van der Waals surface area (Å²) in [4.78, 5) is 36.9. The largest absolute Gasteiger partial charge is 0.505 e. The van der Waals surface area contributed by atoms with Gasteiger partial charge in [0.2, 0.25) is 0 Å². The highest BCUT2D eigenvalue weighted by Crippen LogP contribution is 2.33. The minimum atomic E-state index is -1.26. The quantitative estimate of drug-likeness (QED) is 0.626. The van der Waals surface area contributed by atoms with Gasteiger partial charge < -0.3 is 15.5 Å². The Morgan fingerprint density at radius 3 is 2.40 bits per heavy atom. The van der Waals surface area contributed by atoms with E-state index in [0.717, 1.165) is 4.68 Å². The summed E-state index contributed by atoms with van der Waals surface area (Å²) in [6.07, 6.45) is -1.33. The third-order valence-corrected chi connectivity index (χ3v) is 3.77. The number of nitrogens with one attached hydrogen (secondary N) is 2. The molecule has 1 heterocycles. The van der Waals surface area contributed by atoms with E-state index in [-0.39, 0.29) is 33.6 Å². The van der Waals surface area contributed by atoms with Gasteiger partial charge >= 0.3 is 11.8 Å². The van der Waals surface area contributed by atoms with E-state index in [2.05, 4.69) is 15.4 Å². The average Bonchev–Trinajstić information content (AvgIpc) is 2.45. The lowest BCUT2D eigenvalue weighted by molar-refractivity contribution is 0.182. The molecule has 0 bridgehead atoms. The van der Waals surface area contributed by atoms with Gasteiger partial charge in [-0.2, -0.15) is 9.78 Å². The predicted molar refractivity (Wildman–Crippen MR) is 91.1 cm³/mol. The van der Waals surface area contributed by atoms with Crippen molar-refractivity contribution in [3.05, 3.63) is 48.7 Å². The molecule has 1 amide bonds. The van der Waals surface area contributed by atoms with E-state index < -0.39 is 22.9 Å². The number of hydrogen-bond acceptors (Lipinski definition) is 5. The minimum absolute atomic E-state index is 0.0707. The molecule has 0 saturated heterocycles. The van der Waals surface area contributed by atoms with Crippen LogP contribution in [0.25, 0.3) is 5.69 Å². The van der Waals surface area contributed by atoms with E-state index in [1.165, 1.54) is 12.1 Å². The van der Waals surface area contributed by atoms with Gasteiger partial charge in [-0.25, -0.2) is 9.59 Å². The lowest BCUT2D eigenvalue weighted by Crippen LogP contribution is -2.46. The number of aromatic amines is 1. The Morgan fingerprint density at radius 1 is 1.32 bits per heavy atom. The van der Waals surface area contributed by atoms with Gasteiger partial charge in [-0.1, -0.05) is 23.2 Å². The van der Waals surface area contributed by atoms with Crippen LogP contribution in [-0.2, 0) is 6.42 Å². The van der Waals surface area contributed by atoms with Crippen molar-refractivity contribution in [1.82, 2.24) is 20.1 Å². The summed E-state index contributed by atoms with van der Waals surface area (Å²) in [7, 11) is 0. The maximum absolute atomic E-state index is 12.0. The van der Waals surface area contributed by atoms with Gasteiger partial charge in [0, 0.05) is 12.0 Å². The van der Waals surface area contributed by atoms with E-state index in [1.54, 1.807) is 13.8 Å². The number of aromatic nitrogens is 3. The van der Waals surface area contributed by atoms with Crippen molar-refractivity contribution in [3.8, 4) is 11.4 Å². The number of aromatic hydroxyl groups is 1. The van der Waals surface area contributed by atoms with Crippen molar-refractivity contribution in [2.24, 2.45) is 0 Å². The summed E-state index contributed by atoms with van der Waals surface area (Å²) in [5.74, 6) is -0.350. The summed E-state index contributed by atoms with van der Waals surface area (Å²) in [6.45, 7) is 3.12. The molecule has 1 aromatic heterocycles. The van der Waals surface area contributed by atoms with E-state index in [1.807, 2.05) is 0 Å². The third-order valence-electron chi connectivity index (χ3n) is 3.20. The van der Waals surface area contributed by atoms with Crippen LogP contribution in [0.2, 0.25) is 10.0 Å². The van der Waals surface area contributed by atoms with Gasteiger partial charge in [-0.3, -0.25) is 9.78 Å². The number of H-pyrrole nitrogens is 1. The van der Waals surface area contributed by atoms with Crippen LogP contribution in [0.15, 0.2) is 21.7 Å². The fourth-order valence-corrected chi connectivity index (χ4v) is 2.63. The molecule has 0 spiro atoms. The molecule has 134 valence electrons. The summed E-state index contributed by atoms with van der Waals surface area (Å²) < 4.78 is 0.852. The highest BCUT2D eigenvalue weighted by Gasteiger charge is 2.24. The van der Waals surface area contributed by atoms with Crippen LogP contribution in [0.1, 0.15) is 19.5 Å². The van der Waals surface area contributed by atoms with E-state index in [4.69, 9.17) is 28.3 Å². The molecule has 1 aromatic carbocycles. The number of nitrogens with zero attached hydrogens (tertiary/aromatic N) is 2. The second-order valence-electron chi connectivity index (χ2n) is 5.87. The number of carbonyl (C=O) groups is 1. The lowest BCUT2D eigenvalue weighted by Gasteiger charge is -2.23. The third kappa shape index (κ3) is 4.31. The zero-order chi connectivity index (χ0) is 18.9. The molecule has 0 aliphatic heterocycles. The molecule has 0 fully saturated rings. The van der Waals surface area contributed by atoms with Crippen molar-refractivity contribution >= 4 is 29.3 Å². The average molecular weight is 389 g/mol. The monoisotopic (exact) mass is 388 g/mol. The Kier molecular flexibility index (Phi) is 5.09. The van der Waals surface area contributed by atoms with E-state index in [9.17, 15) is 19.5 Å². The number of benzene rings is 1. The predicted octanol–water partition coefficient (Wildman–Crippen LogP) is 1.52. The summed E-state index contributed by atoms with van der Waals surface area (Å²) >= 11 is 11.7. The number of phenolic OH excluding ortho intramolecular Hbond substituents is 1. The fraction of sp³-hybridized carbons (Fsp3) is 0.286. The number of halogens is 2. The van der Waals surface area contributed by atoms with Crippen LogP contribution in [0, 0.1) is 0 Å². The van der Waals surface area contributed by atoms with Crippen molar-refractivity contribution in [2.45, 2.75) is 25.8 Å². The Hall–Kier alpha value is -2.52. The standard InChI is InChI=1S/C14H14Cl2N4O5/c1-14(2,18-13(24)25)5-9-11(22)17-12(23)20(19-9)6-3-7(15)10(21)8(16)4-6/h3-4,18,21H,5H2,1-2H3,(H,24,25)(H,17,22,23). The van der Waals surface area contributed by atoms with Crippen molar-refractivity contribution < 1.29 is 15.0 Å². The van der Waals surface area contributed by atoms with Crippen LogP contribution >= 0.6 is 23.2 Å². The number of rotatable bonds is 4. The van der Waals surface area contributed by atoms with Gasteiger partial charge in [-0.05, 0) is 26.0 Å². The number of phenols is 1. The smallest absolute Gasteiger partial charge is 0.405 e. The molecule has 0 saturated carbocycles. The summed E-state index contributed by atoms with van der Waals surface area (Å²) in [6, 6.07) is 2.50. The Labute approximate surface area is 150 Å². The molecule has 0 atom stereocenters. The Balaban J connectivity index is 2.54. The van der Waals surface area contributed by atoms with Crippen LogP contribution in [0.3, 0.4) is 0 Å². The normalized spacial score (nSPS) is 11.4.